The standard InChI is InChI=1S/C18H31N3O4/c1-9-25-11-15(17(23)24-8)20(7)16(22)13-10-14(12(2)3)21(19-13)18(4,5)6/h10,12,15H,9,11H2,1-8H3/t15-/m1/s1. The fraction of sp³-hybridized carbons (Fsp3) is 0.722. The molecule has 0 bridgehead atoms. The molecule has 1 aromatic rings. The highest BCUT2D eigenvalue weighted by Gasteiger charge is 2.31. The predicted octanol–water partition coefficient (Wildman–Crippen LogP) is 2.41. The largest absolute Gasteiger partial charge is 0.467 e. The normalized spacial score (nSPS) is 13.0. The fourth-order valence-electron chi connectivity index (χ4n) is 2.47. The Balaban J connectivity index is 3.18. The van der Waals surface area contributed by atoms with Crippen LogP contribution in [0.5, 0.6) is 0 Å². The average molecular weight is 353 g/mol. The van der Waals surface area contributed by atoms with Crippen molar-refractivity contribution in [3.05, 3.63) is 17.5 Å². The molecule has 25 heavy (non-hydrogen) atoms. The summed E-state index contributed by atoms with van der Waals surface area (Å²) in [6, 6.07) is 0.990. The Bertz CT molecular complexity index is 602. The molecule has 1 aromatic heterocycles. The second-order valence-electron chi connectivity index (χ2n) is 7.31. The van der Waals surface area contributed by atoms with Gasteiger partial charge in [0.15, 0.2) is 11.7 Å². The minimum Gasteiger partial charge on any atom is -0.467 e. The van der Waals surface area contributed by atoms with Crippen molar-refractivity contribution in [3.8, 4) is 0 Å². The number of ether oxygens (including phenoxy) is 2. The lowest BCUT2D eigenvalue weighted by Crippen LogP contribution is -2.46. The number of carbonyl (C=O) groups is 2. The predicted molar refractivity (Wildman–Crippen MR) is 95.7 cm³/mol. The number of carbonyl (C=O) groups excluding carboxylic acids is 2. The van der Waals surface area contributed by atoms with E-state index in [1.54, 1.807) is 13.1 Å². The molecule has 1 rings (SSSR count). The van der Waals surface area contributed by atoms with Gasteiger partial charge in [0, 0.05) is 19.3 Å². The molecule has 0 aliphatic carbocycles. The lowest BCUT2D eigenvalue weighted by atomic mass is 10.1. The monoisotopic (exact) mass is 353 g/mol. The Labute approximate surface area is 150 Å². The van der Waals surface area contributed by atoms with E-state index in [1.165, 1.54) is 12.0 Å². The van der Waals surface area contributed by atoms with Crippen LogP contribution in [0.1, 0.15) is 63.6 Å². The number of esters is 1. The minimum atomic E-state index is -0.806. The zero-order chi connectivity index (χ0) is 19.4. The van der Waals surface area contributed by atoms with Crippen molar-refractivity contribution in [2.24, 2.45) is 0 Å². The molecule has 0 fully saturated rings. The van der Waals surface area contributed by atoms with Gasteiger partial charge < -0.3 is 14.4 Å². The fourth-order valence-corrected chi connectivity index (χ4v) is 2.47. The van der Waals surface area contributed by atoms with Crippen molar-refractivity contribution < 1.29 is 19.1 Å². The number of amides is 1. The second-order valence-corrected chi connectivity index (χ2v) is 7.31. The van der Waals surface area contributed by atoms with Crippen LogP contribution in [0.4, 0.5) is 0 Å². The maximum absolute atomic E-state index is 12.9. The first-order valence-electron chi connectivity index (χ1n) is 8.57. The molecule has 0 unspecified atom stereocenters. The van der Waals surface area contributed by atoms with E-state index in [-0.39, 0.29) is 24.0 Å². The Morgan fingerprint density at radius 2 is 1.92 bits per heavy atom. The molecule has 0 aliphatic rings. The lowest BCUT2D eigenvalue weighted by molar-refractivity contribution is -0.147. The molecule has 0 N–H and O–H groups in total. The van der Waals surface area contributed by atoms with Gasteiger partial charge in [0.05, 0.1) is 19.3 Å². The van der Waals surface area contributed by atoms with Gasteiger partial charge in [-0.15, -0.1) is 0 Å². The van der Waals surface area contributed by atoms with Gasteiger partial charge >= 0.3 is 5.97 Å². The molecule has 0 aromatic carbocycles. The van der Waals surface area contributed by atoms with Gasteiger partial charge in [0.1, 0.15) is 0 Å². The van der Waals surface area contributed by atoms with Gasteiger partial charge in [-0.05, 0) is 39.7 Å². The zero-order valence-corrected chi connectivity index (χ0v) is 16.6. The Kier molecular flexibility index (Phi) is 7.17. The van der Waals surface area contributed by atoms with E-state index in [0.29, 0.717) is 12.3 Å². The molecule has 0 saturated heterocycles. The van der Waals surface area contributed by atoms with E-state index in [0.717, 1.165) is 5.69 Å². The van der Waals surface area contributed by atoms with E-state index in [2.05, 4.69) is 18.9 Å². The summed E-state index contributed by atoms with van der Waals surface area (Å²) in [6.07, 6.45) is 0. The molecule has 1 amide bonds. The van der Waals surface area contributed by atoms with Crippen molar-refractivity contribution in [1.82, 2.24) is 14.7 Å². The van der Waals surface area contributed by atoms with Crippen molar-refractivity contribution in [2.45, 2.75) is 59.0 Å². The highest BCUT2D eigenvalue weighted by atomic mass is 16.5. The molecule has 0 aliphatic heterocycles. The van der Waals surface area contributed by atoms with E-state index in [4.69, 9.17) is 9.47 Å². The molecule has 1 heterocycles. The van der Waals surface area contributed by atoms with Gasteiger partial charge in [-0.1, -0.05) is 13.8 Å². The third-order valence-electron chi connectivity index (χ3n) is 3.92. The summed E-state index contributed by atoms with van der Waals surface area (Å²) in [4.78, 5) is 26.2. The van der Waals surface area contributed by atoms with Crippen LogP contribution in [0.25, 0.3) is 0 Å². The second kappa shape index (κ2) is 8.47. The number of methoxy groups -OCH3 is 1. The van der Waals surface area contributed by atoms with E-state index < -0.39 is 12.0 Å². The topological polar surface area (TPSA) is 73.7 Å². The maximum atomic E-state index is 12.9. The number of likely N-dealkylation sites (N-methyl/N-ethyl adjacent to an activating group) is 1. The molecule has 0 spiro atoms. The molecule has 7 nitrogen and oxygen atoms in total. The van der Waals surface area contributed by atoms with Crippen LogP contribution in [-0.4, -0.2) is 60.0 Å². The first-order chi connectivity index (χ1) is 11.5. The van der Waals surface area contributed by atoms with Gasteiger partial charge in [0.25, 0.3) is 5.91 Å². The van der Waals surface area contributed by atoms with Crippen molar-refractivity contribution >= 4 is 11.9 Å². The van der Waals surface area contributed by atoms with Crippen molar-refractivity contribution in [2.75, 3.05) is 27.4 Å². The van der Waals surface area contributed by atoms with Crippen LogP contribution >= 0.6 is 0 Å². The van der Waals surface area contributed by atoms with Crippen LogP contribution in [0.3, 0.4) is 0 Å². The molecule has 1 atom stereocenters. The SMILES string of the molecule is CCOC[C@H](C(=O)OC)N(C)C(=O)c1cc(C(C)C)n(C(C)(C)C)n1. The highest BCUT2D eigenvalue weighted by Crippen LogP contribution is 2.24. The van der Waals surface area contributed by atoms with Gasteiger partial charge in [-0.3, -0.25) is 9.48 Å². The Hall–Kier alpha value is -1.89. The molecule has 142 valence electrons. The summed E-state index contributed by atoms with van der Waals surface area (Å²) in [7, 11) is 2.86. The van der Waals surface area contributed by atoms with Gasteiger partial charge in [-0.25, -0.2) is 4.79 Å². The highest BCUT2D eigenvalue weighted by molar-refractivity contribution is 5.95. The van der Waals surface area contributed by atoms with Crippen LogP contribution < -0.4 is 0 Å². The number of hydrogen-bond acceptors (Lipinski definition) is 5. The Morgan fingerprint density at radius 1 is 1.32 bits per heavy atom. The lowest BCUT2D eigenvalue weighted by Gasteiger charge is -2.25. The number of nitrogens with zero attached hydrogens (tertiary/aromatic N) is 3. The molecular weight excluding hydrogens is 322 g/mol. The van der Waals surface area contributed by atoms with Crippen LogP contribution in [-0.2, 0) is 19.8 Å². The average Bonchev–Trinajstić information content (AvgIpc) is 2.99. The van der Waals surface area contributed by atoms with Crippen molar-refractivity contribution in [3.63, 3.8) is 0 Å². The summed E-state index contributed by atoms with van der Waals surface area (Å²) >= 11 is 0. The smallest absolute Gasteiger partial charge is 0.331 e. The van der Waals surface area contributed by atoms with Gasteiger partial charge in [-0.2, -0.15) is 5.10 Å². The number of hydrogen-bond donors (Lipinski definition) is 0. The third kappa shape index (κ3) is 5.04. The van der Waals surface area contributed by atoms with Gasteiger partial charge in [0.2, 0.25) is 0 Å². The first-order valence-corrected chi connectivity index (χ1v) is 8.57. The Morgan fingerprint density at radius 3 is 2.32 bits per heavy atom. The maximum Gasteiger partial charge on any atom is 0.331 e. The third-order valence-corrected chi connectivity index (χ3v) is 3.92. The van der Waals surface area contributed by atoms with E-state index in [9.17, 15) is 9.59 Å². The summed E-state index contributed by atoms with van der Waals surface area (Å²) < 4.78 is 12.0. The minimum absolute atomic E-state index is 0.0857. The van der Waals surface area contributed by atoms with E-state index >= 15 is 0 Å². The molecule has 7 heteroatoms. The summed E-state index contributed by atoms with van der Waals surface area (Å²) in [5.74, 6) is -0.623. The van der Waals surface area contributed by atoms with E-state index in [1.807, 2.05) is 32.4 Å². The summed E-state index contributed by atoms with van der Waals surface area (Å²) in [5, 5.41) is 4.50. The summed E-state index contributed by atoms with van der Waals surface area (Å²) in [6.45, 7) is 12.6. The summed E-state index contributed by atoms with van der Waals surface area (Å²) in [5.41, 5.74) is 1.04. The molecule has 0 saturated carbocycles. The van der Waals surface area contributed by atoms with Crippen molar-refractivity contribution in [1.29, 1.82) is 0 Å². The molecule has 0 radical (unpaired) electrons. The van der Waals surface area contributed by atoms with Crippen LogP contribution in [0, 0.1) is 0 Å². The molecular formula is C18H31N3O4. The zero-order valence-electron chi connectivity index (χ0n) is 16.6. The quantitative estimate of drug-likeness (QED) is 0.704. The van der Waals surface area contributed by atoms with Crippen LogP contribution in [0.2, 0.25) is 0 Å². The number of rotatable bonds is 7. The number of aromatic nitrogens is 2. The first kappa shape index (κ1) is 21.2. The van der Waals surface area contributed by atoms with Crippen LogP contribution in [0.15, 0.2) is 6.07 Å².